The molecule has 0 heterocycles. The highest BCUT2D eigenvalue weighted by Crippen LogP contribution is 2.22. The molecule has 0 bridgehead atoms. The molecular formula is C15H25N. The molecule has 0 radical (unpaired) electrons. The molecule has 0 aromatic heterocycles. The van der Waals surface area contributed by atoms with E-state index in [1.54, 1.807) is 0 Å². The predicted octanol–water partition coefficient (Wildman–Crippen LogP) is 4.21. The first-order valence-corrected chi connectivity index (χ1v) is 5.84. The fraction of sp³-hybridized carbons (Fsp3) is 0.467. The fourth-order valence-electron chi connectivity index (χ4n) is 1.63. The van der Waals surface area contributed by atoms with Crippen molar-refractivity contribution in [2.45, 2.75) is 34.6 Å². The Morgan fingerprint density at radius 1 is 1.25 bits per heavy atom. The lowest BCUT2D eigenvalue weighted by Gasteiger charge is -2.17. The van der Waals surface area contributed by atoms with Crippen molar-refractivity contribution in [1.82, 2.24) is 5.32 Å². The summed E-state index contributed by atoms with van der Waals surface area (Å²) in [5.41, 5.74) is 4.98. The van der Waals surface area contributed by atoms with Crippen LogP contribution in [0, 0.1) is 5.92 Å². The number of hydrogen-bond donors (Lipinski definition) is 1. The van der Waals surface area contributed by atoms with Crippen LogP contribution in [0.1, 0.15) is 34.6 Å². The number of likely N-dealkylation sites (N-methyl/N-ethyl adjacent to an activating group) is 1. The predicted molar refractivity (Wildman–Crippen MR) is 74.3 cm³/mol. The molecule has 1 N–H and O–H groups in total. The van der Waals surface area contributed by atoms with Crippen molar-refractivity contribution >= 4 is 0 Å². The van der Waals surface area contributed by atoms with E-state index in [0.29, 0.717) is 5.92 Å². The van der Waals surface area contributed by atoms with Gasteiger partial charge in [-0.1, -0.05) is 38.7 Å². The van der Waals surface area contributed by atoms with Crippen LogP contribution in [-0.4, -0.2) is 7.05 Å². The summed E-state index contributed by atoms with van der Waals surface area (Å²) in [5, 5.41) is 3.29. The summed E-state index contributed by atoms with van der Waals surface area (Å²) in [6, 6.07) is 0. The Labute approximate surface area is 101 Å². The summed E-state index contributed by atoms with van der Waals surface area (Å²) in [7, 11) is 1.97. The number of nitrogens with one attached hydrogen (secondary N) is 1. The van der Waals surface area contributed by atoms with Gasteiger partial charge in [-0.3, -0.25) is 0 Å². The molecule has 0 aliphatic carbocycles. The maximum atomic E-state index is 3.91. The Morgan fingerprint density at radius 3 is 2.12 bits per heavy atom. The lowest BCUT2D eigenvalue weighted by atomic mass is 9.96. The van der Waals surface area contributed by atoms with E-state index < -0.39 is 0 Å². The van der Waals surface area contributed by atoms with Gasteiger partial charge in [0.25, 0.3) is 0 Å². The molecule has 0 aliphatic rings. The van der Waals surface area contributed by atoms with Crippen LogP contribution in [0.25, 0.3) is 0 Å². The highest BCUT2D eigenvalue weighted by atomic mass is 14.8. The zero-order valence-corrected chi connectivity index (χ0v) is 11.5. The zero-order chi connectivity index (χ0) is 12.7. The number of allylic oxidation sites excluding steroid dienone is 5. The molecule has 1 nitrogen and oxygen atoms in total. The Morgan fingerprint density at radius 2 is 1.81 bits per heavy atom. The third-order valence-electron chi connectivity index (χ3n) is 2.83. The van der Waals surface area contributed by atoms with E-state index in [-0.39, 0.29) is 0 Å². The molecule has 0 atom stereocenters. The van der Waals surface area contributed by atoms with E-state index in [1.807, 2.05) is 20.0 Å². The first-order valence-electron chi connectivity index (χ1n) is 5.84. The molecule has 0 aliphatic heterocycles. The first-order chi connectivity index (χ1) is 7.49. The van der Waals surface area contributed by atoms with E-state index in [1.165, 1.54) is 22.4 Å². The Bertz CT molecular complexity index is 327. The summed E-state index contributed by atoms with van der Waals surface area (Å²) in [5.74, 6) is 0.538. The molecule has 0 spiro atoms. The minimum atomic E-state index is 0.538. The molecular weight excluding hydrogens is 194 g/mol. The van der Waals surface area contributed by atoms with Crippen LogP contribution in [0.4, 0.5) is 0 Å². The first kappa shape index (κ1) is 14.8. The smallest absolute Gasteiger partial charge is 0.0405 e. The minimum Gasteiger partial charge on any atom is -0.388 e. The van der Waals surface area contributed by atoms with Crippen LogP contribution in [0.15, 0.2) is 47.2 Å². The molecule has 0 rings (SSSR count). The van der Waals surface area contributed by atoms with Crippen LogP contribution < -0.4 is 5.32 Å². The van der Waals surface area contributed by atoms with Gasteiger partial charge >= 0.3 is 0 Å². The second-order valence-electron chi connectivity index (χ2n) is 4.26. The Kier molecular flexibility index (Phi) is 6.55. The van der Waals surface area contributed by atoms with Crippen molar-refractivity contribution in [2.24, 2.45) is 5.92 Å². The summed E-state index contributed by atoms with van der Waals surface area (Å²) < 4.78 is 0. The fourth-order valence-corrected chi connectivity index (χ4v) is 1.63. The molecule has 0 aromatic carbocycles. The quantitative estimate of drug-likeness (QED) is 0.683. The SMILES string of the molecule is C=CC(/C(NC)=C(\C)C(C)C)=C(C)\C=C/C. The number of rotatable bonds is 5. The summed E-state index contributed by atoms with van der Waals surface area (Å²) >= 11 is 0. The normalized spacial score (nSPS) is 14.9. The van der Waals surface area contributed by atoms with Gasteiger partial charge in [0.05, 0.1) is 0 Å². The van der Waals surface area contributed by atoms with E-state index >= 15 is 0 Å². The van der Waals surface area contributed by atoms with Gasteiger partial charge in [-0.2, -0.15) is 0 Å². The van der Waals surface area contributed by atoms with Crippen molar-refractivity contribution in [2.75, 3.05) is 7.05 Å². The van der Waals surface area contributed by atoms with E-state index in [9.17, 15) is 0 Å². The van der Waals surface area contributed by atoms with Gasteiger partial charge in [0.2, 0.25) is 0 Å². The third kappa shape index (κ3) is 3.73. The maximum absolute atomic E-state index is 3.91. The molecule has 90 valence electrons. The van der Waals surface area contributed by atoms with Gasteiger partial charge in [-0.25, -0.2) is 0 Å². The van der Waals surface area contributed by atoms with E-state index in [4.69, 9.17) is 0 Å². The van der Waals surface area contributed by atoms with Crippen LogP contribution in [0.2, 0.25) is 0 Å². The average Bonchev–Trinajstić information content (AvgIpc) is 2.24. The summed E-state index contributed by atoms with van der Waals surface area (Å²) in [4.78, 5) is 0. The van der Waals surface area contributed by atoms with Gasteiger partial charge in [-0.05, 0) is 43.4 Å². The monoisotopic (exact) mass is 219 g/mol. The third-order valence-corrected chi connectivity index (χ3v) is 2.83. The van der Waals surface area contributed by atoms with Gasteiger partial charge in [-0.15, -0.1) is 0 Å². The lowest BCUT2D eigenvalue weighted by molar-refractivity contribution is 0.742. The molecule has 0 saturated heterocycles. The number of hydrogen-bond acceptors (Lipinski definition) is 1. The van der Waals surface area contributed by atoms with Crippen LogP contribution in [-0.2, 0) is 0 Å². The Balaban J connectivity index is 5.63. The highest BCUT2D eigenvalue weighted by molar-refractivity contribution is 5.46. The van der Waals surface area contributed by atoms with Crippen LogP contribution in [0.5, 0.6) is 0 Å². The molecule has 0 amide bonds. The van der Waals surface area contributed by atoms with Crippen LogP contribution >= 0.6 is 0 Å². The molecule has 0 fully saturated rings. The highest BCUT2D eigenvalue weighted by Gasteiger charge is 2.09. The Hall–Kier alpha value is -1.24. The van der Waals surface area contributed by atoms with Crippen molar-refractivity contribution in [1.29, 1.82) is 0 Å². The molecule has 0 aromatic rings. The average molecular weight is 219 g/mol. The summed E-state index contributed by atoms with van der Waals surface area (Å²) in [6.07, 6.45) is 6.09. The van der Waals surface area contributed by atoms with E-state index in [0.717, 1.165) is 0 Å². The lowest BCUT2D eigenvalue weighted by Crippen LogP contribution is -2.13. The topological polar surface area (TPSA) is 12.0 Å². The molecule has 0 unspecified atom stereocenters. The largest absolute Gasteiger partial charge is 0.388 e. The second kappa shape index (κ2) is 7.10. The second-order valence-corrected chi connectivity index (χ2v) is 4.26. The van der Waals surface area contributed by atoms with Gasteiger partial charge in [0, 0.05) is 12.7 Å². The van der Waals surface area contributed by atoms with Crippen molar-refractivity contribution in [3.8, 4) is 0 Å². The molecule has 1 heteroatoms. The van der Waals surface area contributed by atoms with Crippen molar-refractivity contribution in [3.05, 3.63) is 47.2 Å². The van der Waals surface area contributed by atoms with Crippen molar-refractivity contribution < 1.29 is 0 Å². The van der Waals surface area contributed by atoms with Crippen LogP contribution in [0.3, 0.4) is 0 Å². The van der Waals surface area contributed by atoms with Crippen molar-refractivity contribution in [3.63, 3.8) is 0 Å². The molecule has 0 saturated carbocycles. The van der Waals surface area contributed by atoms with Gasteiger partial charge < -0.3 is 5.32 Å². The minimum absolute atomic E-state index is 0.538. The summed E-state index contributed by atoms with van der Waals surface area (Å²) in [6.45, 7) is 14.6. The maximum Gasteiger partial charge on any atom is 0.0405 e. The molecule has 16 heavy (non-hydrogen) atoms. The van der Waals surface area contributed by atoms with E-state index in [2.05, 4.69) is 51.7 Å². The van der Waals surface area contributed by atoms with Gasteiger partial charge in [0.15, 0.2) is 0 Å². The standard InChI is InChI=1S/C15H25N/c1-8-10-12(5)14(9-2)15(16-7)13(6)11(3)4/h8-11,16H,2H2,1,3-7H3/b10-8-,14-12+,15-13-. The zero-order valence-electron chi connectivity index (χ0n) is 11.5. The van der Waals surface area contributed by atoms with Gasteiger partial charge in [0.1, 0.15) is 0 Å².